The monoisotopic (exact) mass is 511 g/mol. The molecule has 10 heteroatoms. The maximum Gasteiger partial charge on any atom is 0.422 e. The van der Waals surface area contributed by atoms with E-state index in [1.165, 1.54) is 37.3 Å². The Balaban J connectivity index is 2.06. The summed E-state index contributed by atoms with van der Waals surface area (Å²) in [6.45, 7) is 2.90. The van der Waals surface area contributed by atoms with Crippen LogP contribution in [0, 0.1) is 5.82 Å². The first-order valence-corrected chi connectivity index (χ1v) is 10.9. The number of halogens is 5. The minimum atomic E-state index is -5.10. The van der Waals surface area contributed by atoms with Crippen molar-refractivity contribution in [1.29, 1.82) is 0 Å². The van der Waals surface area contributed by atoms with Crippen LogP contribution in [-0.2, 0) is 16.9 Å². The molecule has 186 valence electrons. The van der Waals surface area contributed by atoms with Crippen molar-refractivity contribution in [3.05, 3.63) is 92.6 Å². The molecule has 0 aliphatic heterocycles. The minimum Gasteiger partial charge on any atom is -0.465 e. The average molecular weight is 512 g/mol. The number of esters is 1. The van der Waals surface area contributed by atoms with Crippen molar-refractivity contribution in [2.75, 3.05) is 7.11 Å². The van der Waals surface area contributed by atoms with Crippen LogP contribution in [0.2, 0.25) is 5.02 Å². The van der Waals surface area contributed by atoms with Crippen molar-refractivity contribution in [2.24, 2.45) is 0 Å². The number of alkyl halides is 3. The summed E-state index contributed by atoms with van der Waals surface area (Å²) in [5, 5.41) is 10.9. The van der Waals surface area contributed by atoms with Crippen LogP contribution in [0.1, 0.15) is 41.3 Å². The number of aromatic nitrogens is 1. The first kappa shape index (κ1) is 26.4. The highest BCUT2D eigenvalue weighted by molar-refractivity contribution is 6.31. The second-order valence-corrected chi connectivity index (χ2v) is 8.36. The number of carbonyl (C=O) groups is 1. The molecule has 0 bridgehead atoms. The van der Waals surface area contributed by atoms with Gasteiger partial charge in [0.25, 0.3) is 5.56 Å². The van der Waals surface area contributed by atoms with Crippen molar-refractivity contribution >= 4 is 17.6 Å². The van der Waals surface area contributed by atoms with Gasteiger partial charge in [0.05, 0.1) is 12.7 Å². The Morgan fingerprint density at radius 1 is 1.11 bits per heavy atom. The van der Waals surface area contributed by atoms with Gasteiger partial charge >= 0.3 is 12.1 Å². The summed E-state index contributed by atoms with van der Waals surface area (Å²) in [5.74, 6) is -3.25. The number of aryl methyl sites for hydroxylation is 1. The van der Waals surface area contributed by atoms with Crippen LogP contribution < -0.4 is 5.56 Å². The Morgan fingerprint density at radius 2 is 1.74 bits per heavy atom. The first-order valence-electron chi connectivity index (χ1n) is 10.5. The van der Waals surface area contributed by atoms with Gasteiger partial charge in [-0.25, -0.2) is 9.18 Å². The summed E-state index contributed by atoms with van der Waals surface area (Å²) in [6, 6.07) is 9.79. The van der Waals surface area contributed by atoms with Gasteiger partial charge in [-0.05, 0) is 47.9 Å². The van der Waals surface area contributed by atoms with E-state index in [4.69, 9.17) is 11.6 Å². The van der Waals surface area contributed by atoms with Gasteiger partial charge in [0.1, 0.15) is 5.82 Å². The van der Waals surface area contributed by atoms with Crippen LogP contribution >= 0.6 is 11.6 Å². The molecule has 0 saturated heterocycles. The van der Waals surface area contributed by atoms with Gasteiger partial charge in [-0.3, -0.25) is 4.79 Å². The molecule has 0 radical (unpaired) electrons. The molecule has 1 N–H and O–H groups in total. The summed E-state index contributed by atoms with van der Waals surface area (Å²) < 4.78 is 62.7. The van der Waals surface area contributed by atoms with Gasteiger partial charge in [-0.15, -0.1) is 0 Å². The van der Waals surface area contributed by atoms with E-state index in [9.17, 15) is 32.3 Å². The van der Waals surface area contributed by atoms with Gasteiger partial charge in [0.15, 0.2) is 5.60 Å². The molecule has 0 spiro atoms. The van der Waals surface area contributed by atoms with Crippen molar-refractivity contribution in [3.63, 3.8) is 0 Å². The van der Waals surface area contributed by atoms with E-state index in [1.807, 2.05) is 0 Å². The molecule has 3 rings (SSSR count). The first-order chi connectivity index (χ1) is 16.3. The lowest BCUT2D eigenvalue weighted by molar-refractivity contribution is -0.274. The van der Waals surface area contributed by atoms with E-state index in [0.29, 0.717) is 11.1 Å². The summed E-state index contributed by atoms with van der Waals surface area (Å²) in [5.41, 5.74) is -3.90. The van der Waals surface area contributed by atoms with Crippen molar-refractivity contribution < 1.29 is 32.2 Å². The Bertz CT molecular complexity index is 1320. The fourth-order valence-electron chi connectivity index (χ4n) is 3.92. The summed E-state index contributed by atoms with van der Waals surface area (Å²) in [7, 11) is 1.12. The van der Waals surface area contributed by atoms with E-state index in [-0.39, 0.29) is 22.7 Å². The smallest absolute Gasteiger partial charge is 0.422 e. The number of nitrogens with zero attached hydrogens (tertiary/aromatic N) is 1. The molecule has 2 aromatic carbocycles. The highest BCUT2D eigenvalue weighted by Gasteiger charge is 2.59. The molecular weight excluding hydrogens is 490 g/mol. The third kappa shape index (κ3) is 4.83. The van der Waals surface area contributed by atoms with Gasteiger partial charge in [-0.1, -0.05) is 36.7 Å². The Kier molecular flexibility index (Phi) is 7.42. The average Bonchev–Trinajstić information content (AvgIpc) is 2.82. The highest BCUT2D eigenvalue weighted by atomic mass is 35.5. The fraction of sp³-hybridized carbons (Fsp3) is 0.280. The minimum absolute atomic E-state index is 0.00357. The van der Waals surface area contributed by atoms with Crippen molar-refractivity contribution in [3.8, 4) is 11.1 Å². The van der Waals surface area contributed by atoms with Crippen molar-refractivity contribution in [2.45, 2.75) is 38.1 Å². The molecule has 1 aromatic heterocycles. The number of rotatable bonds is 6. The number of ether oxygens (including phenoxy) is 1. The number of hydrogen-bond acceptors (Lipinski definition) is 4. The molecule has 3 aromatic rings. The third-order valence-electron chi connectivity index (χ3n) is 6.00. The second kappa shape index (κ2) is 9.83. The fourth-order valence-corrected chi connectivity index (χ4v) is 4.26. The number of pyridine rings is 1. The predicted octanol–water partition coefficient (Wildman–Crippen LogP) is 5.67. The van der Waals surface area contributed by atoms with Crippen LogP contribution in [0.25, 0.3) is 11.1 Å². The summed E-state index contributed by atoms with van der Waals surface area (Å²) >= 11 is 6.34. The normalized spacial score (nSPS) is 14.3. The number of benzene rings is 2. The van der Waals surface area contributed by atoms with E-state index < -0.39 is 40.6 Å². The molecule has 5 nitrogen and oxygen atoms in total. The van der Waals surface area contributed by atoms with E-state index >= 15 is 0 Å². The van der Waals surface area contributed by atoms with E-state index in [2.05, 4.69) is 4.74 Å². The van der Waals surface area contributed by atoms with E-state index in [1.54, 1.807) is 6.92 Å². The van der Waals surface area contributed by atoms with Gasteiger partial charge < -0.3 is 14.4 Å². The lowest BCUT2D eigenvalue weighted by Crippen LogP contribution is -2.47. The van der Waals surface area contributed by atoms with Gasteiger partial charge in [0, 0.05) is 35.3 Å². The molecule has 1 heterocycles. The lowest BCUT2D eigenvalue weighted by Gasteiger charge is -2.37. The zero-order chi connectivity index (χ0) is 26.1. The predicted molar refractivity (Wildman–Crippen MR) is 123 cm³/mol. The summed E-state index contributed by atoms with van der Waals surface area (Å²) in [6.07, 6.45) is -4.11. The standard InChI is InChI=1S/C25H22ClF4NO4/c1-4-31-13-17(7-10-22(31)32)24(34,25(28,29)30)14(2)18-8-5-15(11-20(18)26)16-6-9-19(21(27)12-16)23(33)35-3/h5-14,34H,4H2,1-3H3. The molecule has 0 aliphatic carbocycles. The Morgan fingerprint density at radius 3 is 2.29 bits per heavy atom. The molecule has 0 aliphatic rings. The molecule has 0 saturated carbocycles. The zero-order valence-electron chi connectivity index (χ0n) is 19.0. The second-order valence-electron chi connectivity index (χ2n) is 7.95. The van der Waals surface area contributed by atoms with Gasteiger partial charge in [0.2, 0.25) is 0 Å². The van der Waals surface area contributed by atoms with Crippen LogP contribution in [0.4, 0.5) is 17.6 Å². The Labute approximate surface area is 203 Å². The maximum atomic E-state index is 14.3. The number of hydrogen-bond donors (Lipinski definition) is 1. The van der Waals surface area contributed by atoms with Crippen LogP contribution in [0.15, 0.2) is 59.5 Å². The van der Waals surface area contributed by atoms with Crippen LogP contribution in [-0.4, -0.2) is 28.9 Å². The quantitative estimate of drug-likeness (QED) is 0.342. The molecule has 0 amide bonds. The SMILES string of the molecule is CCn1cc(C(O)(C(C)c2ccc(-c3ccc(C(=O)OC)c(F)c3)cc2Cl)C(F)(F)F)ccc1=O. The molecule has 2 atom stereocenters. The number of methoxy groups -OCH3 is 1. The lowest BCUT2D eigenvalue weighted by atomic mass is 9.78. The highest BCUT2D eigenvalue weighted by Crippen LogP contribution is 2.49. The van der Waals surface area contributed by atoms with E-state index in [0.717, 1.165) is 36.1 Å². The number of carbonyl (C=O) groups excluding carboxylic acids is 1. The third-order valence-corrected chi connectivity index (χ3v) is 6.33. The summed E-state index contributed by atoms with van der Waals surface area (Å²) in [4.78, 5) is 23.5. The van der Waals surface area contributed by atoms with Gasteiger partial charge in [-0.2, -0.15) is 13.2 Å². The van der Waals surface area contributed by atoms with Crippen LogP contribution in [0.5, 0.6) is 0 Å². The van der Waals surface area contributed by atoms with Crippen molar-refractivity contribution in [1.82, 2.24) is 4.57 Å². The van der Waals surface area contributed by atoms with Crippen LogP contribution in [0.3, 0.4) is 0 Å². The topological polar surface area (TPSA) is 68.5 Å². The molecule has 35 heavy (non-hydrogen) atoms. The maximum absolute atomic E-state index is 14.3. The molecule has 0 fully saturated rings. The Hall–Kier alpha value is -3.17. The largest absolute Gasteiger partial charge is 0.465 e. The molecular formula is C25H22ClF4NO4. The molecule has 2 unspecified atom stereocenters. The number of aliphatic hydroxyl groups is 1. The zero-order valence-corrected chi connectivity index (χ0v) is 19.7.